The van der Waals surface area contributed by atoms with Crippen LogP contribution in [0.5, 0.6) is 0 Å². The van der Waals surface area contributed by atoms with E-state index in [1.54, 1.807) is 0 Å². The van der Waals surface area contributed by atoms with Crippen molar-refractivity contribution in [3.63, 3.8) is 0 Å². The molecule has 1 heterocycles. The zero-order valence-electron chi connectivity index (χ0n) is 10.7. The summed E-state index contributed by atoms with van der Waals surface area (Å²) in [5.74, 6) is -0.0291. The Morgan fingerprint density at radius 3 is 2.19 bits per heavy atom. The lowest BCUT2D eigenvalue weighted by molar-refractivity contribution is -0.146. The number of methoxy groups -OCH3 is 1. The normalized spacial score (nSPS) is 20.7. The minimum atomic E-state index is -0.0691. The number of hydrogen-bond acceptors (Lipinski definition) is 4. The second kappa shape index (κ2) is 6.86. The van der Waals surface area contributed by atoms with Gasteiger partial charge in [-0.1, -0.05) is 13.8 Å². The van der Waals surface area contributed by atoms with E-state index in [-0.39, 0.29) is 11.9 Å². The van der Waals surface area contributed by atoms with Crippen molar-refractivity contribution in [3.05, 3.63) is 0 Å². The molecule has 1 unspecified atom stereocenters. The van der Waals surface area contributed by atoms with Gasteiger partial charge in [0.15, 0.2) is 0 Å². The fourth-order valence-corrected chi connectivity index (χ4v) is 2.14. The van der Waals surface area contributed by atoms with Crippen LogP contribution in [0, 0.1) is 5.92 Å². The molecule has 0 aromatic carbocycles. The van der Waals surface area contributed by atoms with Crippen molar-refractivity contribution in [3.8, 4) is 0 Å². The third-order valence-electron chi connectivity index (χ3n) is 3.42. The Kier molecular flexibility index (Phi) is 5.77. The Morgan fingerprint density at radius 1 is 1.19 bits per heavy atom. The molecule has 94 valence electrons. The van der Waals surface area contributed by atoms with Crippen molar-refractivity contribution in [1.82, 2.24) is 9.80 Å². The maximum atomic E-state index is 11.5. The predicted octanol–water partition coefficient (Wildman–Crippen LogP) is 0.823. The summed E-state index contributed by atoms with van der Waals surface area (Å²) >= 11 is 0. The largest absolute Gasteiger partial charge is 0.469 e. The number of esters is 1. The summed E-state index contributed by atoms with van der Waals surface area (Å²) in [4.78, 5) is 16.3. The molecule has 0 aromatic heterocycles. The van der Waals surface area contributed by atoms with Crippen molar-refractivity contribution in [2.75, 3.05) is 46.4 Å². The lowest BCUT2D eigenvalue weighted by atomic mass is 10.1. The lowest BCUT2D eigenvalue weighted by Gasteiger charge is -2.35. The van der Waals surface area contributed by atoms with Gasteiger partial charge in [-0.15, -0.1) is 0 Å². The molecule has 1 aliphatic heterocycles. The van der Waals surface area contributed by atoms with Crippen molar-refractivity contribution in [1.29, 1.82) is 0 Å². The van der Waals surface area contributed by atoms with Gasteiger partial charge in [-0.3, -0.25) is 9.69 Å². The fraction of sp³-hybridized carbons (Fsp3) is 0.917. The molecule has 16 heavy (non-hydrogen) atoms. The molecule has 1 rings (SSSR count). The van der Waals surface area contributed by atoms with Gasteiger partial charge in [0.25, 0.3) is 0 Å². The first-order valence-electron chi connectivity index (χ1n) is 6.23. The molecular weight excluding hydrogens is 204 g/mol. The van der Waals surface area contributed by atoms with Crippen LogP contribution in [0.25, 0.3) is 0 Å². The van der Waals surface area contributed by atoms with Crippen LogP contribution in [-0.4, -0.2) is 62.1 Å². The topological polar surface area (TPSA) is 32.8 Å². The summed E-state index contributed by atoms with van der Waals surface area (Å²) in [6.45, 7) is 10.6. The molecule has 0 amide bonds. The summed E-state index contributed by atoms with van der Waals surface area (Å²) in [7, 11) is 1.47. The van der Waals surface area contributed by atoms with Crippen LogP contribution < -0.4 is 0 Å². The van der Waals surface area contributed by atoms with Gasteiger partial charge in [0.1, 0.15) is 0 Å². The molecule has 1 saturated heterocycles. The van der Waals surface area contributed by atoms with Gasteiger partial charge in [-0.2, -0.15) is 0 Å². The van der Waals surface area contributed by atoms with Crippen LogP contribution in [0.1, 0.15) is 20.3 Å². The Morgan fingerprint density at radius 2 is 1.75 bits per heavy atom. The summed E-state index contributed by atoms with van der Waals surface area (Å²) in [5.41, 5.74) is 0. The van der Waals surface area contributed by atoms with Gasteiger partial charge in [0, 0.05) is 32.7 Å². The van der Waals surface area contributed by atoms with Crippen LogP contribution in [0.4, 0.5) is 0 Å². The van der Waals surface area contributed by atoms with Crippen LogP contribution in [-0.2, 0) is 9.53 Å². The molecule has 4 heteroatoms. The van der Waals surface area contributed by atoms with Gasteiger partial charge in [-0.05, 0) is 13.0 Å². The summed E-state index contributed by atoms with van der Waals surface area (Å²) in [6, 6.07) is 0. The minimum Gasteiger partial charge on any atom is -0.469 e. The van der Waals surface area contributed by atoms with Crippen LogP contribution in [0.15, 0.2) is 0 Å². The first-order valence-corrected chi connectivity index (χ1v) is 6.23. The minimum absolute atomic E-state index is 0.0400. The molecule has 0 spiro atoms. The SMILES string of the molecule is CCC(CN1CCN(CC)CC1)C(=O)OC. The van der Waals surface area contributed by atoms with Crippen LogP contribution in [0.3, 0.4) is 0 Å². The highest BCUT2D eigenvalue weighted by molar-refractivity contribution is 5.72. The van der Waals surface area contributed by atoms with E-state index < -0.39 is 0 Å². The van der Waals surface area contributed by atoms with E-state index in [0.29, 0.717) is 0 Å². The highest BCUT2D eigenvalue weighted by Crippen LogP contribution is 2.10. The molecule has 0 radical (unpaired) electrons. The van der Waals surface area contributed by atoms with E-state index in [0.717, 1.165) is 45.7 Å². The number of likely N-dealkylation sites (N-methyl/N-ethyl adjacent to an activating group) is 1. The number of hydrogen-bond donors (Lipinski definition) is 0. The van der Waals surface area contributed by atoms with E-state index >= 15 is 0 Å². The third kappa shape index (κ3) is 3.76. The maximum Gasteiger partial charge on any atom is 0.309 e. The number of carbonyl (C=O) groups is 1. The molecular formula is C12H24N2O2. The Bertz CT molecular complexity index is 213. The number of ether oxygens (including phenoxy) is 1. The number of nitrogens with zero attached hydrogens (tertiary/aromatic N) is 2. The highest BCUT2D eigenvalue weighted by atomic mass is 16.5. The van der Waals surface area contributed by atoms with Gasteiger partial charge >= 0.3 is 5.97 Å². The average Bonchev–Trinajstić information content (AvgIpc) is 2.35. The van der Waals surface area contributed by atoms with Crippen molar-refractivity contribution >= 4 is 5.97 Å². The van der Waals surface area contributed by atoms with Crippen molar-refractivity contribution in [2.24, 2.45) is 5.92 Å². The highest BCUT2D eigenvalue weighted by Gasteiger charge is 2.23. The summed E-state index contributed by atoms with van der Waals surface area (Å²) in [5, 5.41) is 0. The van der Waals surface area contributed by atoms with E-state index in [4.69, 9.17) is 4.74 Å². The molecule has 4 nitrogen and oxygen atoms in total. The average molecular weight is 228 g/mol. The lowest BCUT2D eigenvalue weighted by Crippen LogP contribution is -2.48. The van der Waals surface area contributed by atoms with E-state index in [9.17, 15) is 4.79 Å². The molecule has 0 saturated carbocycles. The van der Waals surface area contributed by atoms with E-state index in [1.807, 2.05) is 6.92 Å². The van der Waals surface area contributed by atoms with E-state index in [1.165, 1.54) is 7.11 Å². The monoisotopic (exact) mass is 228 g/mol. The first-order chi connectivity index (χ1) is 7.71. The summed E-state index contributed by atoms with van der Waals surface area (Å²) in [6.07, 6.45) is 0.862. The quantitative estimate of drug-likeness (QED) is 0.652. The molecule has 0 aliphatic carbocycles. The zero-order chi connectivity index (χ0) is 12.0. The maximum absolute atomic E-state index is 11.5. The molecule has 0 bridgehead atoms. The second-order valence-electron chi connectivity index (χ2n) is 4.36. The molecule has 0 N–H and O–H groups in total. The third-order valence-corrected chi connectivity index (χ3v) is 3.42. The van der Waals surface area contributed by atoms with Crippen molar-refractivity contribution in [2.45, 2.75) is 20.3 Å². The van der Waals surface area contributed by atoms with E-state index in [2.05, 4.69) is 16.7 Å². The number of piperazine rings is 1. The first kappa shape index (κ1) is 13.5. The van der Waals surface area contributed by atoms with Crippen LogP contribution >= 0.6 is 0 Å². The van der Waals surface area contributed by atoms with Crippen LogP contribution in [0.2, 0.25) is 0 Å². The molecule has 1 aliphatic rings. The van der Waals surface area contributed by atoms with Gasteiger partial charge in [0.05, 0.1) is 13.0 Å². The molecule has 0 aromatic rings. The predicted molar refractivity (Wildman–Crippen MR) is 64.4 cm³/mol. The Balaban J connectivity index is 2.34. The Labute approximate surface area is 98.5 Å². The van der Waals surface area contributed by atoms with Gasteiger partial charge in [-0.25, -0.2) is 0 Å². The second-order valence-corrected chi connectivity index (χ2v) is 4.36. The standard InChI is InChI=1S/C12H24N2O2/c1-4-11(12(15)16-3)10-14-8-6-13(5-2)7-9-14/h11H,4-10H2,1-3H3. The van der Waals surface area contributed by atoms with Gasteiger partial charge < -0.3 is 9.64 Å². The van der Waals surface area contributed by atoms with Crippen molar-refractivity contribution < 1.29 is 9.53 Å². The fourth-order valence-electron chi connectivity index (χ4n) is 2.14. The molecule has 1 atom stereocenters. The smallest absolute Gasteiger partial charge is 0.309 e. The summed E-state index contributed by atoms with van der Waals surface area (Å²) < 4.78 is 4.81. The van der Waals surface area contributed by atoms with Gasteiger partial charge in [0.2, 0.25) is 0 Å². The molecule has 1 fully saturated rings. The Hall–Kier alpha value is -0.610. The zero-order valence-corrected chi connectivity index (χ0v) is 10.7. The number of rotatable bonds is 5. The number of carbonyl (C=O) groups excluding carboxylic acids is 1.